The third-order valence-corrected chi connectivity index (χ3v) is 5.01. The van der Waals surface area contributed by atoms with Crippen LogP contribution >= 0.6 is 11.6 Å². The summed E-state index contributed by atoms with van der Waals surface area (Å²) in [6.45, 7) is 1.21. The van der Waals surface area contributed by atoms with E-state index in [0.717, 1.165) is 19.3 Å². The normalized spacial score (nSPS) is 10.6. The second kappa shape index (κ2) is 12.0. The summed E-state index contributed by atoms with van der Waals surface area (Å²) in [6.07, 6.45) is 5.51. The summed E-state index contributed by atoms with van der Waals surface area (Å²) in [6, 6.07) is 8.94. The van der Waals surface area contributed by atoms with Crippen molar-refractivity contribution in [2.45, 2.75) is 25.8 Å². The molecule has 0 bridgehead atoms. The van der Waals surface area contributed by atoms with Gasteiger partial charge >= 0.3 is 0 Å². The van der Waals surface area contributed by atoms with Crippen LogP contribution in [0.4, 0.5) is 10.3 Å². The van der Waals surface area contributed by atoms with E-state index in [1.807, 2.05) is 0 Å². The van der Waals surface area contributed by atoms with Gasteiger partial charge in [-0.05, 0) is 43.0 Å². The van der Waals surface area contributed by atoms with Crippen molar-refractivity contribution in [2.75, 3.05) is 25.5 Å². The summed E-state index contributed by atoms with van der Waals surface area (Å²) < 4.78 is 19.8. The maximum atomic E-state index is 13.4. The first-order valence-electron chi connectivity index (χ1n) is 10.5. The van der Waals surface area contributed by atoms with Gasteiger partial charge in [0.25, 0.3) is 11.5 Å². The minimum absolute atomic E-state index is 0.0456. The van der Waals surface area contributed by atoms with E-state index in [2.05, 4.69) is 20.6 Å². The van der Waals surface area contributed by atoms with Crippen molar-refractivity contribution in [1.29, 1.82) is 0 Å². The number of anilines is 1. The molecule has 1 amide bonds. The number of pyridine rings is 1. The van der Waals surface area contributed by atoms with Gasteiger partial charge in [-0.1, -0.05) is 23.7 Å². The molecule has 1 aromatic carbocycles. The van der Waals surface area contributed by atoms with Gasteiger partial charge in [-0.3, -0.25) is 9.59 Å². The lowest BCUT2D eigenvalue weighted by Gasteiger charge is -2.10. The van der Waals surface area contributed by atoms with Crippen molar-refractivity contribution in [3.05, 3.63) is 81.1 Å². The van der Waals surface area contributed by atoms with Crippen LogP contribution in [-0.4, -0.2) is 40.6 Å². The number of rotatable bonds is 11. The van der Waals surface area contributed by atoms with Gasteiger partial charge in [0, 0.05) is 31.5 Å². The van der Waals surface area contributed by atoms with Crippen molar-refractivity contribution < 1.29 is 13.9 Å². The topological polar surface area (TPSA) is 98.1 Å². The molecule has 0 atom stereocenters. The van der Waals surface area contributed by atoms with Gasteiger partial charge in [0.2, 0.25) is 11.8 Å². The molecule has 2 N–H and O–H groups in total. The van der Waals surface area contributed by atoms with E-state index < -0.39 is 17.3 Å². The first-order valence-corrected chi connectivity index (χ1v) is 10.9. The van der Waals surface area contributed by atoms with Crippen molar-refractivity contribution in [1.82, 2.24) is 19.9 Å². The van der Waals surface area contributed by atoms with Gasteiger partial charge in [0.15, 0.2) is 0 Å². The molecule has 33 heavy (non-hydrogen) atoms. The second-order valence-electron chi connectivity index (χ2n) is 7.30. The standard InChI is InChI=1S/C23H25ClFN5O3/c1-33-20-8-11-28-23(29-20)27-10-4-2-3-9-26-21(31)19-13-17(24)15-30(22(19)32)14-16-6-5-7-18(25)12-16/h5-8,11-13,15H,2-4,9-10,14H2,1H3,(H,26,31)(H,27,28,29). The number of carbonyl (C=O) groups is 1. The molecule has 0 aliphatic rings. The molecule has 2 heterocycles. The maximum absolute atomic E-state index is 13.4. The van der Waals surface area contributed by atoms with Gasteiger partial charge in [0.05, 0.1) is 18.7 Å². The molecule has 2 aromatic heterocycles. The van der Waals surface area contributed by atoms with Gasteiger partial charge in [-0.25, -0.2) is 9.37 Å². The van der Waals surface area contributed by atoms with Crippen LogP contribution in [0.15, 0.2) is 53.6 Å². The van der Waals surface area contributed by atoms with Crippen LogP contribution in [0.25, 0.3) is 0 Å². The number of aromatic nitrogens is 3. The van der Waals surface area contributed by atoms with E-state index in [1.54, 1.807) is 31.5 Å². The Balaban J connectivity index is 1.46. The van der Waals surface area contributed by atoms with Crippen LogP contribution in [-0.2, 0) is 6.54 Å². The first kappa shape index (κ1) is 24.2. The maximum Gasteiger partial charge on any atom is 0.263 e. The average Bonchev–Trinajstić information content (AvgIpc) is 2.80. The van der Waals surface area contributed by atoms with E-state index in [4.69, 9.17) is 16.3 Å². The SMILES string of the molecule is COc1ccnc(NCCCCCNC(=O)c2cc(Cl)cn(Cc3cccc(F)c3)c2=O)n1. The molecule has 0 aliphatic heterocycles. The number of hydrogen-bond donors (Lipinski definition) is 2. The van der Waals surface area contributed by atoms with E-state index in [9.17, 15) is 14.0 Å². The Hall–Kier alpha value is -3.46. The smallest absolute Gasteiger partial charge is 0.263 e. The third kappa shape index (κ3) is 7.28. The first-order chi connectivity index (χ1) is 16.0. The fraction of sp³-hybridized carbons (Fsp3) is 0.304. The highest BCUT2D eigenvalue weighted by Crippen LogP contribution is 2.11. The molecule has 0 saturated carbocycles. The summed E-state index contributed by atoms with van der Waals surface area (Å²) in [5.74, 6) is 0.106. The number of ether oxygens (including phenoxy) is 1. The van der Waals surface area contributed by atoms with Gasteiger partial charge in [-0.2, -0.15) is 4.98 Å². The number of halogens is 2. The van der Waals surface area contributed by atoms with Gasteiger partial charge < -0.3 is 19.9 Å². The molecule has 0 aliphatic carbocycles. The molecule has 8 nitrogen and oxygen atoms in total. The fourth-order valence-corrected chi connectivity index (χ4v) is 3.40. The van der Waals surface area contributed by atoms with Crippen molar-refractivity contribution in [3.8, 4) is 5.88 Å². The number of amides is 1. The summed E-state index contributed by atoms with van der Waals surface area (Å²) >= 11 is 6.11. The number of benzene rings is 1. The Morgan fingerprint density at radius 2 is 2.00 bits per heavy atom. The Kier molecular flexibility index (Phi) is 8.77. The van der Waals surface area contributed by atoms with Gasteiger partial charge in [-0.15, -0.1) is 0 Å². The lowest BCUT2D eigenvalue weighted by atomic mass is 10.2. The monoisotopic (exact) mass is 473 g/mol. The molecule has 0 fully saturated rings. The van der Waals surface area contributed by atoms with Crippen LogP contribution in [0.5, 0.6) is 5.88 Å². The number of methoxy groups -OCH3 is 1. The van der Waals surface area contributed by atoms with Gasteiger partial charge in [0.1, 0.15) is 11.4 Å². The summed E-state index contributed by atoms with van der Waals surface area (Å²) in [5.41, 5.74) is 0.0677. The van der Waals surface area contributed by atoms with E-state index in [-0.39, 0.29) is 17.1 Å². The van der Waals surface area contributed by atoms with Crippen LogP contribution in [0.3, 0.4) is 0 Å². The molecule has 0 spiro atoms. The number of hydrogen-bond acceptors (Lipinski definition) is 6. The molecule has 174 valence electrons. The Bertz CT molecular complexity index is 1150. The molecule has 0 radical (unpaired) electrons. The fourth-order valence-electron chi connectivity index (χ4n) is 3.18. The highest BCUT2D eigenvalue weighted by molar-refractivity contribution is 6.30. The second-order valence-corrected chi connectivity index (χ2v) is 7.74. The molecular weight excluding hydrogens is 449 g/mol. The number of unbranched alkanes of at least 4 members (excludes halogenated alkanes) is 2. The lowest BCUT2D eigenvalue weighted by molar-refractivity contribution is 0.0951. The summed E-state index contributed by atoms with van der Waals surface area (Å²) in [7, 11) is 1.55. The zero-order chi connectivity index (χ0) is 23.6. The Morgan fingerprint density at radius 1 is 1.18 bits per heavy atom. The molecular formula is C23H25ClFN5O3. The summed E-state index contributed by atoms with van der Waals surface area (Å²) in [5, 5.41) is 6.13. The van der Waals surface area contributed by atoms with Crippen LogP contribution < -0.4 is 20.9 Å². The van der Waals surface area contributed by atoms with E-state index in [1.165, 1.54) is 29.0 Å². The zero-order valence-electron chi connectivity index (χ0n) is 18.2. The van der Waals surface area contributed by atoms with Crippen molar-refractivity contribution in [2.24, 2.45) is 0 Å². The highest BCUT2D eigenvalue weighted by Gasteiger charge is 2.14. The largest absolute Gasteiger partial charge is 0.481 e. The number of nitrogens with zero attached hydrogens (tertiary/aromatic N) is 3. The van der Waals surface area contributed by atoms with Crippen molar-refractivity contribution in [3.63, 3.8) is 0 Å². The molecule has 0 unspecified atom stereocenters. The minimum atomic E-state index is -0.488. The molecule has 3 aromatic rings. The Labute approximate surface area is 195 Å². The summed E-state index contributed by atoms with van der Waals surface area (Å²) in [4.78, 5) is 33.5. The highest BCUT2D eigenvalue weighted by atomic mass is 35.5. The number of carbonyl (C=O) groups excluding carboxylic acids is 1. The average molecular weight is 474 g/mol. The number of nitrogens with one attached hydrogen (secondary N) is 2. The molecule has 3 rings (SSSR count). The van der Waals surface area contributed by atoms with Crippen LogP contribution in [0.1, 0.15) is 35.2 Å². The molecule has 10 heteroatoms. The zero-order valence-corrected chi connectivity index (χ0v) is 18.9. The predicted molar refractivity (Wildman–Crippen MR) is 124 cm³/mol. The van der Waals surface area contributed by atoms with Crippen LogP contribution in [0.2, 0.25) is 5.02 Å². The third-order valence-electron chi connectivity index (χ3n) is 4.80. The predicted octanol–water partition coefficient (Wildman–Crippen LogP) is 3.50. The minimum Gasteiger partial charge on any atom is -0.481 e. The lowest BCUT2D eigenvalue weighted by Crippen LogP contribution is -2.33. The van der Waals surface area contributed by atoms with E-state index >= 15 is 0 Å². The Morgan fingerprint density at radius 3 is 2.79 bits per heavy atom. The van der Waals surface area contributed by atoms with E-state index in [0.29, 0.717) is 30.5 Å². The molecule has 0 saturated heterocycles. The van der Waals surface area contributed by atoms with Crippen LogP contribution in [0, 0.1) is 5.82 Å². The quantitative estimate of drug-likeness (QED) is 0.414. The van der Waals surface area contributed by atoms with Crippen molar-refractivity contribution >= 4 is 23.5 Å².